The van der Waals surface area contributed by atoms with Crippen molar-refractivity contribution in [2.75, 3.05) is 19.7 Å². The molecule has 2 aromatic rings. The molecule has 1 N–H and O–H groups in total. The van der Waals surface area contributed by atoms with Crippen molar-refractivity contribution in [2.24, 2.45) is 5.92 Å². The van der Waals surface area contributed by atoms with Gasteiger partial charge in [0.15, 0.2) is 0 Å². The molecule has 5 heteroatoms. The molecule has 1 amide bonds. The summed E-state index contributed by atoms with van der Waals surface area (Å²) in [6.45, 7) is 12.7. The molecule has 1 aliphatic heterocycles. The first-order valence-electron chi connectivity index (χ1n) is 10.3. The molecule has 0 bridgehead atoms. The van der Waals surface area contributed by atoms with Crippen molar-refractivity contribution in [1.29, 1.82) is 0 Å². The van der Waals surface area contributed by atoms with E-state index in [1.807, 2.05) is 49.2 Å². The highest BCUT2D eigenvalue weighted by molar-refractivity contribution is 5.87. The lowest BCUT2D eigenvalue weighted by molar-refractivity contribution is -0.137. The van der Waals surface area contributed by atoms with Crippen molar-refractivity contribution < 1.29 is 9.53 Å². The number of amides is 1. The predicted octanol–water partition coefficient (Wildman–Crippen LogP) is 4.44. The van der Waals surface area contributed by atoms with Crippen LogP contribution in [0.2, 0.25) is 0 Å². The zero-order chi connectivity index (χ0) is 20.3. The van der Waals surface area contributed by atoms with Crippen LogP contribution in [0.3, 0.4) is 0 Å². The number of aromatic nitrogens is 2. The number of carbonyl (C=O) groups is 1. The lowest BCUT2D eigenvalue weighted by Crippen LogP contribution is -2.46. The van der Waals surface area contributed by atoms with Gasteiger partial charge in [-0.3, -0.25) is 9.89 Å². The molecule has 0 spiro atoms. The Morgan fingerprint density at radius 1 is 1.25 bits per heavy atom. The number of hydrogen-bond donors (Lipinski definition) is 1. The highest BCUT2D eigenvalue weighted by Gasteiger charge is 2.36. The standard InChI is InChI=1S/C23H33N3O2/c1-16(2)15-28-20-8-6-19(7-9-20)23(4,5)22(27)26-12-10-18(11-13-26)21-14-24-25-17(21)3/h6-9,14,16,18H,10-13,15H2,1-5H3,(H,24,25). The van der Waals surface area contributed by atoms with Crippen LogP contribution in [0.5, 0.6) is 5.75 Å². The molecule has 152 valence electrons. The lowest BCUT2D eigenvalue weighted by Gasteiger charge is -2.37. The average molecular weight is 384 g/mol. The second-order valence-corrected chi connectivity index (χ2v) is 8.87. The predicted molar refractivity (Wildman–Crippen MR) is 112 cm³/mol. The van der Waals surface area contributed by atoms with Crippen LogP contribution in [0.25, 0.3) is 0 Å². The number of carbonyl (C=O) groups excluding carboxylic acids is 1. The van der Waals surface area contributed by atoms with Gasteiger partial charge < -0.3 is 9.64 Å². The SMILES string of the molecule is Cc1[nH]ncc1C1CCN(C(=O)C(C)(C)c2ccc(OCC(C)C)cc2)CC1. The fraction of sp³-hybridized carbons (Fsp3) is 0.565. The quantitative estimate of drug-likeness (QED) is 0.802. The topological polar surface area (TPSA) is 58.2 Å². The van der Waals surface area contributed by atoms with Crippen LogP contribution >= 0.6 is 0 Å². The number of H-pyrrole nitrogens is 1. The lowest BCUT2D eigenvalue weighted by atomic mass is 9.81. The smallest absolute Gasteiger partial charge is 0.232 e. The normalized spacial score (nSPS) is 15.9. The fourth-order valence-corrected chi connectivity index (χ4v) is 3.91. The Morgan fingerprint density at radius 3 is 2.43 bits per heavy atom. The van der Waals surface area contributed by atoms with Crippen LogP contribution in [0.1, 0.15) is 63.3 Å². The van der Waals surface area contributed by atoms with Gasteiger partial charge in [0.05, 0.1) is 18.2 Å². The molecule has 28 heavy (non-hydrogen) atoms. The van der Waals surface area contributed by atoms with Crippen molar-refractivity contribution in [3.8, 4) is 5.75 Å². The van der Waals surface area contributed by atoms with Gasteiger partial charge in [0.1, 0.15) is 5.75 Å². The third kappa shape index (κ3) is 4.40. The van der Waals surface area contributed by atoms with E-state index in [1.54, 1.807) is 0 Å². The van der Waals surface area contributed by atoms with E-state index in [-0.39, 0.29) is 5.91 Å². The third-order valence-electron chi connectivity index (χ3n) is 5.78. The van der Waals surface area contributed by atoms with Crippen LogP contribution in [-0.4, -0.2) is 40.7 Å². The molecule has 1 aliphatic rings. The Bertz CT molecular complexity index is 784. The van der Waals surface area contributed by atoms with Gasteiger partial charge in [0, 0.05) is 18.8 Å². The van der Waals surface area contributed by atoms with E-state index in [1.165, 1.54) is 5.56 Å². The van der Waals surface area contributed by atoms with E-state index >= 15 is 0 Å². The van der Waals surface area contributed by atoms with Crippen LogP contribution in [0.4, 0.5) is 0 Å². The summed E-state index contributed by atoms with van der Waals surface area (Å²) in [5.41, 5.74) is 2.92. The largest absolute Gasteiger partial charge is 0.493 e. The fourth-order valence-electron chi connectivity index (χ4n) is 3.91. The van der Waals surface area contributed by atoms with Crippen LogP contribution in [0, 0.1) is 12.8 Å². The van der Waals surface area contributed by atoms with Crippen molar-refractivity contribution in [3.63, 3.8) is 0 Å². The number of aromatic amines is 1. The molecule has 0 aliphatic carbocycles. The summed E-state index contributed by atoms with van der Waals surface area (Å²) in [6, 6.07) is 7.99. The van der Waals surface area contributed by atoms with E-state index in [4.69, 9.17) is 4.74 Å². The molecule has 0 atom stereocenters. The van der Waals surface area contributed by atoms with Crippen LogP contribution < -0.4 is 4.74 Å². The van der Waals surface area contributed by atoms with E-state index in [0.29, 0.717) is 18.4 Å². The minimum Gasteiger partial charge on any atom is -0.493 e. The Hall–Kier alpha value is -2.30. The van der Waals surface area contributed by atoms with Gasteiger partial charge in [-0.1, -0.05) is 26.0 Å². The summed E-state index contributed by atoms with van der Waals surface area (Å²) in [7, 11) is 0. The number of nitrogens with zero attached hydrogens (tertiary/aromatic N) is 2. The summed E-state index contributed by atoms with van der Waals surface area (Å²) in [5.74, 6) is 2.04. The Morgan fingerprint density at radius 2 is 1.89 bits per heavy atom. The van der Waals surface area contributed by atoms with Gasteiger partial charge in [-0.05, 0) is 68.7 Å². The summed E-state index contributed by atoms with van der Waals surface area (Å²) in [5, 5.41) is 7.17. The molecule has 1 fully saturated rings. The maximum absolute atomic E-state index is 13.3. The maximum Gasteiger partial charge on any atom is 0.232 e. The van der Waals surface area contributed by atoms with E-state index in [2.05, 4.69) is 31.0 Å². The number of aryl methyl sites for hydroxylation is 1. The highest BCUT2D eigenvalue weighted by atomic mass is 16.5. The van der Waals surface area contributed by atoms with E-state index in [0.717, 1.165) is 42.9 Å². The molecule has 1 saturated heterocycles. The molecule has 0 unspecified atom stereocenters. The van der Waals surface area contributed by atoms with Crippen LogP contribution in [0.15, 0.2) is 30.5 Å². The van der Waals surface area contributed by atoms with Crippen molar-refractivity contribution in [3.05, 3.63) is 47.3 Å². The van der Waals surface area contributed by atoms with Gasteiger partial charge in [0.25, 0.3) is 0 Å². The minimum atomic E-state index is -0.547. The van der Waals surface area contributed by atoms with Crippen LogP contribution in [-0.2, 0) is 10.2 Å². The van der Waals surface area contributed by atoms with Gasteiger partial charge in [-0.15, -0.1) is 0 Å². The van der Waals surface area contributed by atoms with E-state index < -0.39 is 5.41 Å². The first kappa shape index (κ1) is 20.4. The molecule has 1 aromatic carbocycles. The number of rotatable bonds is 6. The van der Waals surface area contributed by atoms with Crippen molar-refractivity contribution in [1.82, 2.24) is 15.1 Å². The summed E-state index contributed by atoms with van der Waals surface area (Å²) in [4.78, 5) is 15.3. The number of piperidine rings is 1. The number of likely N-dealkylation sites (tertiary alicyclic amines) is 1. The molecular formula is C23H33N3O2. The minimum absolute atomic E-state index is 0.200. The first-order chi connectivity index (χ1) is 13.3. The Kier molecular flexibility index (Phi) is 6.11. The average Bonchev–Trinajstić information content (AvgIpc) is 3.12. The highest BCUT2D eigenvalue weighted by Crippen LogP contribution is 2.33. The number of benzene rings is 1. The van der Waals surface area contributed by atoms with Gasteiger partial charge in [-0.2, -0.15) is 5.10 Å². The summed E-state index contributed by atoms with van der Waals surface area (Å²) >= 11 is 0. The molecule has 2 heterocycles. The molecule has 5 nitrogen and oxygen atoms in total. The number of ether oxygens (including phenoxy) is 1. The van der Waals surface area contributed by atoms with Crippen molar-refractivity contribution in [2.45, 2.75) is 58.8 Å². The molecule has 0 saturated carbocycles. The van der Waals surface area contributed by atoms with Gasteiger partial charge >= 0.3 is 0 Å². The zero-order valence-electron chi connectivity index (χ0n) is 17.8. The van der Waals surface area contributed by atoms with Gasteiger partial charge in [0.2, 0.25) is 5.91 Å². The Balaban J connectivity index is 1.62. The monoisotopic (exact) mass is 383 g/mol. The second-order valence-electron chi connectivity index (χ2n) is 8.87. The van der Waals surface area contributed by atoms with Crippen molar-refractivity contribution >= 4 is 5.91 Å². The molecular weight excluding hydrogens is 350 g/mol. The number of nitrogens with one attached hydrogen (secondary N) is 1. The third-order valence-corrected chi connectivity index (χ3v) is 5.78. The second kappa shape index (κ2) is 8.38. The molecule has 3 rings (SSSR count). The maximum atomic E-state index is 13.3. The summed E-state index contributed by atoms with van der Waals surface area (Å²) in [6.07, 6.45) is 3.92. The molecule has 1 aromatic heterocycles. The Labute approximate surface area is 168 Å². The van der Waals surface area contributed by atoms with Gasteiger partial charge in [-0.25, -0.2) is 0 Å². The first-order valence-corrected chi connectivity index (χ1v) is 10.3. The number of hydrogen-bond acceptors (Lipinski definition) is 3. The summed E-state index contributed by atoms with van der Waals surface area (Å²) < 4.78 is 5.77. The zero-order valence-corrected chi connectivity index (χ0v) is 17.8. The van der Waals surface area contributed by atoms with E-state index in [9.17, 15) is 4.79 Å². The molecule has 0 radical (unpaired) electrons.